The zero-order valence-electron chi connectivity index (χ0n) is 13.1. The van der Waals surface area contributed by atoms with Crippen molar-refractivity contribution >= 4 is 22.4 Å². The van der Waals surface area contributed by atoms with Crippen molar-refractivity contribution in [2.24, 2.45) is 5.14 Å². The number of nitrogens with two attached hydrogens (primary N) is 1. The summed E-state index contributed by atoms with van der Waals surface area (Å²) in [5, 5.41) is 5.30. The van der Waals surface area contributed by atoms with Crippen LogP contribution in [-0.2, 0) is 10.0 Å². The van der Waals surface area contributed by atoms with Crippen LogP contribution in [0.4, 0.5) is 0 Å². The van der Waals surface area contributed by atoms with E-state index in [9.17, 15) is 13.2 Å². The van der Waals surface area contributed by atoms with E-state index < -0.39 is 10.0 Å². The van der Waals surface area contributed by atoms with Crippen LogP contribution in [0.3, 0.4) is 0 Å². The number of primary sulfonamides is 1. The van der Waals surface area contributed by atoms with E-state index in [0.29, 0.717) is 16.7 Å². The molecule has 2 N–H and O–H groups in total. The summed E-state index contributed by atoms with van der Waals surface area (Å²) in [5.41, 5.74) is 2.71. The van der Waals surface area contributed by atoms with E-state index in [2.05, 4.69) is 0 Å². The molecule has 3 rings (SSSR count). The van der Waals surface area contributed by atoms with Crippen LogP contribution in [-0.4, -0.2) is 20.8 Å². The lowest BCUT2D eigenvalue weighted by Crippen LogP contribution is -2.21. The third-order valence-electron chi connectivity index (χ3n) is 4.05. The van der Waals surface area contributed by atoms with Crippen LogP contribution in [0.1, 0.15) is 15.9 Å². The first-order valence-corrected chi connectivity index (χ1v) is 9.04. The van der Waals surface area contributed by atoms with Gasteiger partial charge in [-0.2, -0.15) is 0 Å². The Bertz CT molecular complexity index is 966. The lowest BCUT2D eigenvalue weighted by Gasteiger charge is -2.11. The Morgan fingerprint density at radius 2 is 1.71 bits per heavy atom. The molecule has 6 heteroatoms. The molecule has 0 unspecified atom stereocenters. The molecule has 2 aromatic carbocycles. The Balaban J connectivity index is 2.04. The highest BCUT2D eigenvalue weighted by Gasteiger charge is 2.23. The van der Waals surface area contributed by atoms with E-state index in [0.717, 1.165) is 5.56 Å². The van der Waals surface area contributed by atoms with E-state index in [4.69, 9.17) is 5.14 Å². The molecule has 2 aromatic rings. The van der Waals surface area contributed by atoms with E-state index in [1.807, 2.05) is 37.1 Å². The van der Waals surface area contributed by atoms with Gasteiger partial charge in [0.1, 0.15) is 5.68 Å². The van der Waals surface area contributed by atoms with Gasteiger partial charge in [-0.05, 0) is 24.1 Å². The number of benzene rings is 2. The number of carbonyl (C=O) groups is 1. The van der Waals surface area contributed by atoms with Crippen LogP contribution in [0.5, 0.6) is 0 Å². The molecule has 1 aliphatic rings. The Kier molecular flexibility index (Phi) is 4.26. The summed E-state index contributed by atoms with van der Waals surface area (Å²) in [7, 11) is -3.82. The highest BCUT2D eigenvalue weighted by atomic mass is 32.2. The molecular formula is C18H16BNO3S. The second-order valence-electron chi connectivity index (χ2n) is 5.73. The number of aryl methyl sites for hydroxylation is 1. The van der Waals surface area contributed by atoms with Gasteiger partial charge in [-0.15, -0.1) is 12.0 Å². The van der Waals surface area contributed by atoms with Crippen LogP contribution in [0.2, 0.25) is 0 Å². The van der Waals surface area contributed by atoms with Gasteiger partial charge in [0.15, 0.2) is 0 Å². The summed E-state index contributed by atoms with van der Waals surface area (Å²) in [5.74, 6) is 3.71. The summed E-state index contributed by atoms with van der Waals surface area (Å²) < 4.78 is 23.5. The zero-order chi connectivity index (χ0) is 17.3. The van der Waals surface area contributed by atoms with Gasteiger partial charge in [0, 0.05) is 11.1 Å². The van der Waals surface area contributed by atoms with Gasteiger partial charge in [-0.25, -0.2) is 13.6 Å². The van der Waals surface area contributed by atoms with Crippen LogP contribution in [0.25, 0.3) is 11.1 Å². The van der Waals surface area contributed by atoms with Crippen LogP contribution < -0.4 is 5.14 Å². The van der Waals surface area contributed by atoms with Gasteiger partial charge < -0.3 is 4.79 Å². The topological polar surface area (TPSA) is 77.2 Å². The molecule has 0 atom stereocenters. The minimum absolute atomic E-state index is 0.0313. The summed E-state index contributed by atoms with van der Waals surface area (Å²) in [6.07, 6.45) is 3.71. The van der Waals surface area contributed by atoms with Crippen molar-refractivity contribution in [3.63, 3.8) is 0 Å². The van der Waals surface area contributed by atoms with E-state index in [-0.39, 0.29) is 17.3 Å². The molecule has 120 valence electrons. The van der Waals surface area contributed by atoms with Crippen molar-refractivity contribution in [1.29, 1.82) is 0 Å². The van der Waals surface area contributed by atoms with E-state index in [1.54, 1.807) is 30.3 Å². The third kappa shape index (κ3) is 3.11. The zero-order valence-corrected chi connectivity index (χ0v) is 14.0. The molecule has 4 nitrogen and oxygen atoms in total. The fourth-order valence-electron chi connectivity index (χ4n) is 2.85. The first kappa shape index (κ1) is 16.4. The summed E-state index contributed by atoms with van der Waals surface area (Å²) >= 11 is 0. The van der Waals surface area contributed by atoms with Crippen molar-refractivity contribution in [2.75, 3.05) is 0 Å². The second kappa shape index (κ2) is 6.22. The molecule has 0 aromatic heterocycles. The predicted molar refractivity (Wildman–Crippen MR) is 96.4 cm³/mol. The normalized spacial score (nSPS) is 13.5. The van der Waals surface area contributed by atoms with Crippen molar-refractivity contribution < 1.29 is 13.2 Å². The Morgan fingerprint density at radius 3 is 2.33 bits per heavy atom. The lowest BCUT2D eigenvalue weighted by molar-refractivity contribution is 0.107. The molecule has 0 bridgehead atoms. The van der Waals surface area contributed by atoms with Gasteiger partial charge >= 0.3 is 0 Å². The maximum absolute atomic E-state index is 12.5. The van der Waals surface area contributed by atoms with Gasteiger partial charge in [-0.1, -0.05) is 48.6 Å². The fraction of sp³-hybridized carbons (Fsp3) is 0.0556. The van der Waals surface area contributed by atoms with E-state index in [1.165, 1.54) is 6.07 Å². The van der Waals surface area contributed by atoms with E-state index >= 15 is 0 Å². The molecule has 0 fully saturated rings. The molecule has 24 heavy (non-hydrogen) atoms. The number of hydrogen-bond acceptors (Lipinski definition) is 3. The molecule has 1 aliphatic heterocycles. The molecule has 0 amide bonds. The summed E-state index contributed by atoms with van der Waals surface area (Å²) in [4.78, 5) is 12.6. The van der Waals surface area contributed by atoms with Crippen molar-refractivity contribution in [2.45, 2.75) is 11.8 Å². The van der Waals surface area contributed by atoms with Gasteiger partial charge in [0.25, 0.3) is 6.71 Å². The van der Waals surface area contributed by atoms with Crippen LogP contribution in [0, 0.1) is 6.92 Å². The number of rotatable bonds is 4. The molecule has 0 spiro atoms. The largest absolute Gasteiger partial charge is 0.305 e. The number of allylic oxidation sites excluding steroid dienone is 2. The highest BCUT2D eigenvalue weighted by Crippen LogP contribution is 2.28. The fourth-order valence-corrected chi connectivity index (χ4v) is 3.61. The van der Waals surface area contributed by atoms with Gasteiger partial charge in [0.05, 0.1) is 4.90 Å². The average molecular weight is 337 g/mol. The smallest absolute Gasteiger partial charge is 0.280 e. The minimum atomic E-state index is -3.82. The highest BCUT2D eigenvalue weighted by molar-refractivity contribution is 7.89. The van der Waals surface area contributed by atoms with Gasteiger partial charge in [-0.3, -0.25) is 0 Å². The maximum atomic E-state index is 12.5. The summed E-state index contributed by atoms with van der Waals surface area (Å²) in [6.45, 7) is 1.62. The Hall–Kier alpha value is -2.44. The van der Waals surface area contributed by atoms with Crippen LogP contribution in [0.15, 0.2) is 71.5 Å². The van der Waals surface area contributed by atoms with Crippen LogP contribution >= 0.6 is 0 Å². The summed E-state index contributed by atoms with van der Waals surface area (Å²) in [6, 6.07) is 11.9. The van der Waals surface area contributed by atoms with Gasteiger partial charge in [0.2, 0.25) is 10.0 Å². The Morgan fingerprint density at radius 1 is 1.04 bits per heavy atom. The maximum Gasteiger partial charge on any atom is 0.280 e. The quantitative estimate of drug-likeness (QED) is 0.872. The molecule has 0 saturated heterocycles. The van der Waals surface area contributed by atoms with Crippen molar-refractivity contribution in [3.8, 4) is 11.1 Å². The molecule has 0 aliphatic carbocycles. The molecule has 1 heterocycles. The third-order valence-corrected chi connectivity index (χ3v) is 5.02. The monoisotopic (exact) mass is 337 g/mol. The molecular weight excluding hydrogens is 321 g/mol. The number of hydrogen-bond donors (Lipinski definition) is 1. The lowest BCUT2D eigenvalue weighted by atomic mass is 9.47. The molecule has 0 saturated carbocycles. The standard InChI is InChI=1S/C18H16BNO3S/c1-13-12-14(16-6-2-3-7-17(16)24(20,22)23)8-9-15(13)18(21)19-10-4-5-11-19/h2-12H,1H3,(H2,20,22,23). The average Bonchev–Trinajstić information content (AvgIpc) is 3.08. The number of sulfonamides is 1. The minimum Gasteiger partial charge on any atom is -0.305 e. The second-order valence-corrected chi connectivity index (χ2v) is 7.26. The van der Waals surface area contributed by atoms with Crippen molar-refractivity contribution in [3.05, 3.63) is 77.7 Å². The first-order valence-electron chi connectivity index (χ1n) is 7.50. The number of carbonyl (C=O) groups excluding carboxylic acids is 1. The predicted octanol–water partition coefficient (Wildman–Crippen LogP) is 2.73. The van der Waals surface area contributed by atoms with Crippen molar-refractivity contribution in [1.82, 2.24) is 0 Å². The SMILES string of the molecule is Cc1cc(-c2ccccc2S(N)(=O)=O)ccc1C(=O)B1C=CC=C1. The Labute approximate surface area is 141 Å². The first-order chi connectivity index (χ1) is 11.4. The molecule has 0 radical (unpaired) electrons.